The van der Waals surface area contributed by atoms with Gasteiger partial charge < -0.3 is 5.73 Å². The fourth-order valence-electron chi connectivity index (χ4n) is 4.31. The number of aryl methyl sites for hydroxylation is 1. The summed E-state index contributed by atoms with van der Waals surface area (Å²) in [6.45, 7) is 0. The third-order valence-corrected chi connectivity index (χ3v) is 7.29. The first-order valence-corrected chi connectivity index (χ1v) is 10.2. The monoisotopic (exact) mass is 399 g/mol. The minimum atomic E-state index is -0.707. The van der Waals surface area contributed by atoms with E-state index in [1.807, 2.05) is 24.3 Å². The summed E-state index contributed by atoms with van der Waals surface area (Å²) in [6, 6.07) is 11.3. The Labute approximate surface area is 165 Å². The third-order valence-electron chi connectivity index (χ3n) is 5.86. The largest absolute Gasteiger partial charge is 0.328 e. The zero-order valence-corrected chi connectivity index (χ0v) is 15.9. The van der Waals surface area contributed by atoms with Gasteiger partial charge in [0.05, 0.1) is 0 Å². The summed E-state index contributed by atoms with van der Waals surface area (Å²) in [6.07, 6.45) is 2.77. The Bertz CT molecular complexity index is 1000. The molecule has 5 rings (SSSR count). The third kappa shape index (κ3) is 2.60. The van der Waals surface area contributed by atoms with Gasteiger partial charge >= 0.3 is 0 Å². The molecule has 2 aromatic carbocycles. The average molecular weight is 399 g/mol. The highest BCUT2D eigenvalue weighted by molar-refractivity contribution is 8.15. The van der Waals surface area contributed by atoms with Gasteiger partial charge in [-0.25, -0.2) is 13.8 Å². The smallest absolute Gasteiger partial charge is 0.247 e. The van der Waals surface area contributed by atoms with Gasteiger partial charge in [0.25, 0.3) is 0 Å². The van der Waals surface area contributed by atoms with Crippen molar-refractivity contribution in [2.45, 2.75) is 36.6 Å². The van der Waals surface area contributed by atoms with Gasteiger partial charge in [-0.3, -0.25) is 4.79 Å². The molecule has 1 fully saturated rings. The first-order valence-electron chi connectivity index (χ1n) is 9.39. The van der Waals surface area contributed by atoms with E-state index in [1.165, 1.54) is 16.8 Å². The molecule has 1 atom stereocenters. The first-order chi connectivity index (χ1) is 13.5. The molecule has 0 saturated heterocycles. The maximum Gasteiger partial charge on any atom is 0.247 e. The van der Waals surface area contributed by atoms with Gasteiger partial charge in [-0.15, -0.1) is 0 Å². The molecule has 2 N–H and O–H groups in total. The quantitative estimate of drug-likeness (QED) is 0.837. The Kier molecular flexibility index (Phi) is 4.07. The molecular formula is C21H19F2N3OS. The highest BCUT2D eigenvalue weighted by Crippen LogP contribution is 2.55. The Morgan fingerprint density at radius 2 is 2.00 bits per heavy atom. The second-order valence-corrected chi connectivity index (χ2v) is 8.92. The van der Waals surface area contributed by atoms with Crippen LogP contribution in [-0.4, -0.2) is 22.0 Å². The second kappa shape index (κ2) is 6.39. The average Bonchev–Trinajstić information content (AvgIpc) is 3.23. The molecule has 28 heavy (non-hydrogen) atoms. The normalized spacial score (nSPS) is 28.2. The number of hydrazone groups is 1. The molecule has 0 bridgehead atoms. The van der Waals surface area contributed by atoms with Crippen molar-refractivity contribution >= 4 is 22.7 Å². The van der Waals surface area contributed by atoms with Crippen molar-refractivity contribution in [3.63, 3.8) is 0 Å². The lowest BCUT2D eigenvalue weighted by Crippen LogP contribution is -2.49. The van der Waals surface area contributed by atoms with Gasteiger partial charge in [-0.2, -0.15) is 5.10 Å². The Morgan fingerprint density at radius 3 is 2.79 bits per heavy atom. The topological polar surface area (TPSA) is 58.7 Å². The highest BCUT2D eigenvalue weighted by atomic mass is 32.2. The van der Waals surface area contributed by atoms with Crippen LogP contribution < -0.4 is 5.73 Å². The van der Waals surface area contributed by atoms with Crippen LogP contribution in [0.15, 0.2) is 47.6 Å². The number of nitrogens with two attached hydrogens (primary N) is 1. The summed E-state index contributed by atoms with van der Waals surface area (Å²) in [7, 11) is 0. The molecule has 144 valence electrons. The van der Waals surface area contributed by atoms with Crippen molar-refractivity contribution in [2.24, 2.45) is 16.8 Å². The van der Waals surface area contributed by atoms with Gasteiger partial charge in [0, 0.05) is 17.5 Å². The zero-order valence-electron chi connectivity index (χ0n) is 15.1. The molecule has 1 saturated carbocycles. The maximum atomic E-state index is 14.4. The number of thioether (sulfide) groups is 1. The van der Waals surface area contributed by atoms with Crippen LogP contribution in [0.2, 0.25) is 0 Å². The van der Waals surface area contributed by atoms with Crippen LogP contribution in [0.5, 0.6) is 0 Å². The highest BCUT2D eigenvalue weighted by Gasteiger charge is 2.54. The minimum Gasteiger partial charge on any atom is -0.328 e. The van der Waals surface area contributed by atoms with Crippen molar-refractivity contribution in [2.75, 3.05) is 0 Å². The van der Waals surface area contributed by atoms with E-state index in [4.69, 9.17) is 5.73 Å². The van der Waals surface area contributed by atoms with Crippen LogP contribution >= 0.6 is 11.8 Å². The molecular weight excluding hydrogens is 380 g/mol. The molecule has 1 aliphatic heterocycles. The van der Waals surface area contributed by atoms with Crippen LogP contribution in [0.1, 0.15) is 36.0 Å². The summed E-state index contributed by atoms with van der Waals surface area (Å²) < 4.78 is 28.2. The van der Waals surface area contributed by atoms with E-state index in [2.05, 4.69) is 5.10 Å². The lowest BCUT2D eigenvalue weighted by molar-refractivity contribution is -0.142. The Morgan fingerprint density at radius 1 is 1.21 bits per heavy atom. The van der Waals surface area contributed by atoms with Crippen molar-refractivity contribution in [3.8, 4) is 0 Å². The van der Waals surface area contributed by atoms with E-state index < -0.39 is 16.5 Å². The van der Waals surface area contributed by atoms with Crippen LogP contribution in [0.3, 0.4) is 0 Å². The van der Waals surface area contributed by atoms with Gasteiger partial charge in [-0.05, 0) is 55.0 Å². The summed E-state index contributed by atoms with van der Waals surface area (Å²) >= 11 is 1.35. The molecule has 1 amide bonds. The van der Waals surface area contributed by atoms with E-state index in [0.717, 1.165) is 35.7 Å². The zero-order chi connectivity index (χ0) is 19.5. The Hall–Kier alpha value is -2.25. The number of hydrogen-bond donors (Lipinski definition) is 1. The molecule has 1 spiro atoms. The van der Waals surface area contributed by atoms with Crippen LogP contribution in [0, 0.1) is 17.6 Å². The van der Waals surface area contributed by atoms with Crippen LogP contribution in [0.25, 0.3) is 0 Å². The lowest BCUT2D eigenvalue weighted by atomic mass is 9.80. The van der Waals surface area contributed by atoms with Gasteiger partial charge in [0.1, 0.15) is 21.5 Å². The Balaban J connectivity index is 1.60. The number of rotatable bonds is 2. The molecule has 1 unspecified atom stereocenters. The first kappa shape index (κ1) is 17.8. The molecule has 0 radical (unpaired) electrons. The fourth-order valence-corrected chi connectivity index (χ4v) is 5.75. The number of benzene rings is 2. The number of halogens is 2. The maximum absolute atomic E-state index is 14.4. The number of fused-ring (bicyclic) bond motifs is 2. The van der Waals surface area contributed by atoms with Crippen molar-refractivity contribution in [3.05, 3.63) is 70.8 Å². The van der Waals surface area contributed by atoms with E-state index in [-0.39, 0.29) is 23.4 Å². The molecule has 2 aliphatic carbocycles. The number of carbonyl (C=O) groups is 1. The van der Waals surface area contributed by atoms with E-state index in [0.29, 0.717) is 24.3 Å². The van der Waals surface area contributed by atoms with Crippen molar-refractivity contribution in [1.29, 1.82) is 0 Å². The molecule has 4 nitrogen and oxygen atoms in total. The SMILES string of the molecule is N[C@H]1C[C@@H](C(=O)N2N=C(c3cc(F)ccc3F)SC23CCc2ccccc23)C1. The second-order valence-electron chi connectivity index (χ2n) is 7.65. The predicted molar refractivity (Wildman–Crippen MR) is 104 cm³/mol. The number of amides is 1. The van der Waals surface area contributed by atoms with E-state index in [9.17, 15) is 13.6 Å². The standard InChI is InChI=1S/C21H19F2N3OS/c22-14-5-6-18(23)16(11-14)19-25-26(20(27)13-9-15(24)10-13)21(28-19)8-7-12-3-1-2-4-17(12)21/h1-6,11,13,15H,7-10,24H2/t13-,15+,21?. The number of carbonyl (C=O) groups excluding carboxylic acids is 1. The van der Waals surface area contributed by atoms with Crippen molar-refractivity contribution in [1.82, 2.24) is 5.01 Å². The molecule has 2 aromatic rings. The lowest BCUT2D eigenvalue weighted by Gasteiger charge is -2.38. The molecule has 3 aliphatic rings. The predicted octanol–water partition coefficient (Wildman–Crippen LogP) is 3.74. The summed E-state index contributed by atoms with van der Waals surface area (Å²) in [5.41, 5.74) is 8.15. The van der Waals surface area contributed by atoms with Crippen LogP contribution in [-0.2, 0) is 16.1 Å². The van der Waals surface area contributed by atoms with Gasteiger partial charge in [-0.1, -0.05) is 36.0 Å². The molecule has 7 heteroatoms. The molecule has 0 aromatic heterocycles. The summed E-state index contributed by atoms with van der Waals surface area (Å²) in [5, 5.41) is 6.40. The molecule has 1 heterocycles. The van der Waals surface area contributed by atoms with Crippen molar-refractivity contribution < 1.29 is 13.6 Å². The van der Waals surface area contributed by atoms with Gasteiger partial charge in [0.15, 0.2) is 0 Å². The summed E-state index contributed by atoms with van der Waals surface area (Å²) in [5.74, 6) is -1.33. The number of nitrogens with zero attached hydrogens (tertiary/aromatic N) is 2. The fraction of sp³-hybridized carbons (Fsp3) is 0.333. The number of hydrogen-bond acceptors (Lipinski definition) is 4. The van der Waals surface area contributed by atoms with E-state index >= 15 is 0 Å². The summed E-state index contributed by atoms with van der Waals surface area (Å²) in [4.78, 5) is 12.5. The van der Waals surface area contributed by atoms with E-state index in [1.54, 1.807) is 0 Å². The van der Waals surface area contributed by atoms with Gasteiger partial charge in [0.2, 0.25) is 5.91 Å². The van der Waals surface area contributed by atoms with Crippen LogP contribution in [0.4, 0.5) is 8.78 Å². The minimum absolute atomic E-state index is 0.0418.